The van der Waals surface area contributed by atoms with E-state index >= 15 is 0 Å². The average Bonchev–Trinajstić information content (AvgIpc) is 3.94. The summed E-state index contributed by atoms with van der Waals surface area (Å²) in [6.07, 6.45) is 0. The zero-order valence-corrected chi connectivity index (χ0v) is 33.4. The Morgan fingerprint density at radius 2 is 0.629 bits per heavy atom. The van der Waals surface area contributed by atoms with Gasteiger partial charge in [0, 0.05) is 32.9 Å². The van der Waals surface area contributed by atoms with E-state index in [1.54, 1.807) is 4.57 Å². The first-order chi connectivity index (χ1) is 33.7. The van der Waals surface area contributed by atoms with Gasteiger partial charge < -0.3 is 9.13 Å². The van der Waals surface area contributed by atoms with E-state index in [1.165, 1.54) is 0 Å². The van der Waals surface area contributed by atoms with Gasteiger partial charge in [-0.25, -0.2) is 0 Å². The largest absolute Gasteiger partial charge is 0.309 e. The molecule has 2 nitrogen and oxygen atoms in total. The maximum atomic E-state index is 9.96. The number of benzene rings is 10. The van der Waals surface area contributed by atoms with E-state index < -0.39 is 12.1 Å². The molecule has 2 heteroatoms. The molecule has 0 unspecified atom stereocenters. The van der Waals surface area contributed by atoms with Crippen LogP contribution in [0.3, 0.4) is 0 Å². The molecular formula is C60H40N2. The number of rotatable bonds is 7. The summed E-state index contributed by atoms with van der Waals surface area (Å²) in [5.41, 5.74) is 13.1. The highest BCUT2D eigenvalue weighted by Crippen LogP contribution is 2.40. The van der Waals surface area contributed by atoms with Gasteiger partial charge in [-0.2, -0.15) is 0 Å². The fraction of sp³-hybridized carbons (Fsp3) is 0. The molecule has 0 atom stereocenters. The Bertz CT molecular complexity index is 3980. The van der Waals surface area contributed by atoms with Gasteiger partial charge in [0.2, 0.25) is 0 Å². The van der Waals surface area contributed by atoms with Crippen molar-refractivity contribution in [2.45, 2.75) is 0 Å². The lowest BCUT2D eigenvalue weighted by Gasteiger charge is -2.11. The zero-order chi connectivity index (χ0) is 47.1. The van der Waals surface area contributed by atoms with Gasteiger partial charge in [0.1, 0.15) is 0 Å². The first kappa shape index (κ1) is 29.1. The molecule has 10 aromatic carbocycles. The fourth-order valence-corrected chi connectivity index (χ4v) is 8.91. The summed E-state index contributed by atoms with van der Waals surface area (Å²) in [7, 11) is 0. The van der Waals surface area contributed by atoms with Crippen LogP contribution in [0.15, 0.2) is 242 Å². The summed E-state index contributed by atoms with van der Waals surface area (Å²) in [4.78, 5) is 0. The van der Waals surface area contributed by atoms with Crippen LogP contribution in [-0.4, -0.2) is 9.13 Å². The van der Waals surface area contributed by atoms with E-state index in [-0.39, 0.29) is 57.6 Å². The normalized spacial score (nSPS) is 13.1. The van der Waals surface area contributed by atoms with Gasteiger partial charge in [0.15, 0.2) is 0 Å². The number of aromatic nitrogens is 2. The molecule has 0 saturated carbocycles. The summed E-state index contributed by atoms with van der Waals surface area (Å²) in [6.45, 7) is 0. The van der Waals surface area contributed by atoms with E-state index in [1.807, 2.05) is 109 Å². The van der Waals surface area contributed by atoms with Crippen LogP contribution in [0.4, 0.5) is 0 Å². The smallest absolute Gasteiger partial charge is 0.0645 e. The molecule has 0 spiro atoms. The fourth-order valence-electron chi connectivity index (χ4n) is 8.91. The van der Waals surface area contributed by atoms with E-state index in [4.69, 9.17) is 2.74 Å². The average molecular weight is 796 g/mol. The van der Waals surface area contributed by atoms with Crippen molar-refractivity contribution in [1.29, 1.82) is 0 Å². The summed E-state index contributed by atoms with van der Waals surface area (Å²) >= 11 is 0. The second-order valence-electron chi connectivity index (χ2n) is 15.6. The van der Waals surface area contributed by atoms with Crippen molar-refractivity contribution in [1.82, 2.24) is 9.13 Å². The van der Waals surface area contributed by atoms with Crippen molar-refractivity contribution in [3.05, 3.63) is 242 Å². The van der Waals surface area contributed by atoms with E-state index in [2.05, 4.69) is 95.6 Å². The molecule has 62 heavy (non-hydrogen) atoms. The number of para-hydroxylation sites is 1. The molecule has 12 rings (SSSR count). The molecule has 0 fully saturated rings. The third kappa shape index (κ3) is 6.12. The Kier molecular flexibility index (Phi) is 6.95. The second kappa shape index (κ2) is 14.8. The summed E-state index contributed by atoms with van der Waals surface area (Å²) in [5, 5.41) is 2.20. The van der Waals surface area contributed by atoms with Gasteiger partial charge in [0.25, 0.3) is 0 Å². The summed E-state index contributed by atoms with van der Waals surface area (Å²) in [5.74, 6) is 0. The highest BCUT2D eigenvalue weighted by molar-refractivity contribution is 6.13. The predicted octanol–water partition coefficient (Wildman–Crippen LogP) is 16.2. The highest BCUT2D eigenvalue weighted by atomic mass is 15.0. The second-order valence-corrected chi connectivity index (χ2v) is 15.6. The Morgan fingerprint density at radius 3 is 1.13 bits per heavy atom. The molecule has 0 saturated heterocycles. The number of nitrogens with zero attached hydrogens (tertiary/aromatic N) is 2. The molecule has 0 N–H and O–H groups in total. The lowest BCUT2D eigenvalue weighted by atomic mass is 9.98. The molecule has 0 aliphatic rings. The number of fused-ring (bicyclic) bond motifs is 6. The first-order valence-corrected chi connectivity index (χ1v) is 20.8. The third-order valence-electron chi connectivity index (χ3n) is 12.0. The molecule has 2 heterocycles. The molecular weight excluding hydrogens is 749 g/mol. The van der Waals surface area contributed by atoms with Crippen LogP contribution < -0.4 is 0 Å². The molecule has 290 valence electrons. The maximum absolute atomic E-state index is 9.96. The highest BCUT2D eigenvalue weighted by Gasteiger charge is 2.17. The van der Waals surface area contributed by atoms with Crippen LogP contribution >= 0.6 is 0 Å². The Hall–Kier alpha value is -8.20. The number of hydrogen-bond donors (Lipinski definition) is 0. The minimum Gasteiger partial charge on any atom is -0.309 e. The van der Waals surface area contributed by atoms with Crippen LogP contribution in [0.25, 0.3) is 111 Å². The van der Waals surface area contributed by atoms with Crippen molar-refractivity contribution >= 4 is 43.6 Å². The monoisotopic (exact) mass is 795 g/mol. The minimum absolute atomic E-state index is 0.0838. The SMILES string of the molecule is [2H]c1c([2H])c([2H])c2c(c1[2H])c1c([2H])c(-c3ccc4c(c3)c3cc(-c5ccc(-c6ccccc6)cc5)ccc3n4-c3ccc(-c4ccccc4)cc3)c([2H])c([2H])c1n2-c1ccc(-c2ccccc2)cc1. The van der Waals surface area contributed by atoms with Crippen LogP contribution in [0.2, 0.25) is 0 Å². The van der Waals surface area contributed by atoms with Crippen molar-refractivity contribution in [2.75, 3.05) is 0 Å². The van der Waals surface area contributed by atoms with Gasteiger partial charge in [-0.1, -0.05) is 176 Å². The lowest BCUT2D eigenvalue weighted by Crippen LogP contribution is -1.94. The van der Waals surface area contributed by atoms with Gasteiger partial charge in [-0.3, -0.25) is 0 Å². The number of hydrogen-bond acceptors (Lipinski definition) is 0. The van der Waals surface area contributed by atoms with Gasteiger partial charge in [-0.05, 0) is 122 Å². The van der Waals surface area contributed by atoms with Crippen LogP contribution in [0.1, 0.15) is 9.60 Å². The van der Waals surface area contributed by atoms with Crippen molar-refractivity contribution in [2.24, 2.45) is 0 Å². The third-order valence-corrected chi connectivity index (χ3v) is 12.0. The lowest BCUT2D eigenvalue weighted by molar-refractivity contribution is 1.18. The predicted molar refractivity (Wildman–Crippen MR) is 262 cm³/mol. The molecule has 0 radical (unpaired) electrons. The van der Waals surface area contributed by atoms with Gasteiger partial charge >= 0.3 is 0 Å². The molecule has 0 amide bonds. The minimum atomic E-state index is -0.426. The molecule has 0 aliphatic carbocycles. The van der Waals surface area contributed by atoms with E-state index in [0.29, 0.717) is 11.3 Å². The molecule has 2 aromatic heterocycles. The molecule has 0 bridgehead atoms. The van der Waals surface area contributed by atoms with Crippen molar-refractivity contribution in [3.8, 4) is 67.0 Å². The van der Waals surface area contributed by atoms with Crippen molar-refractivity contribution < 1.29 is 9.60 Å². The topological polar surface area (TPSA) is 9.86 Å². The van der Waals surface area contributed by atoms with Crippen LogP contribution in [-0.2, 0) is 0 Å². The zero-order valence-electron chi connectivity index (χ0n) is 40.4. The Labute approximate surface area is 370 Å². The van der Waals surface area contributed by atoms with Gasteiger partial charge in [0.05, 0.1) is 31.7 Å². The van der Waals surface area contributed by atoms with Gasteiger partial charge in [-0.15, -0.1) is 0 Å². The molecule has 12 aromatic rings. The maximum Gasteiger partial charge on any atom is 0.0645 e. The Morgan fingerprint density at radius 1 is 0.258 bits per heavy atom. The first-order valence-electron chi connectivity index (χ1n) is 24.3. The quantitative estimate of drug-likeness (QED) is 0.152. The molecule has 0 aliphatic heterocycles. The standard InChI is InChI=1S/C60H40N2/c1-4-12-41(13-5-1)44-20-22-47(23-21-44)48-28-35-59-55(38-48)56-40-50(30-37-60(56)62(59)52-33-26-46(27-34-52)43-16-8-3-9-17-43)49-29-36-58-54(39-49)53-18-10-11-19-57(53)61(58)51-31-24-45(25-32-51)42-14-6-2-7-15-42/h1-40H/i10D,11D,18D,19D,29D,36D,39D. The van der Waals surface area contributed by atoms with Crippen molar-refractivity contribution in [3.63, 3.8) is 0 Å². The van der Waals surface area contributed by atoms with E-state index in [0.717, 1.165) is 72.0 Å². The van der Waals surface area contributed by atoms with Crippen LogP contribution in [0, 0.1) is 0 Å². The summed E-state index contributed by atoms with van der Waals surface area (Å²) < 4.78 is 69.0. The summed E-state index contributed by atoms with van der Waals surface area (Å²) in [6, 6.07) is 65.7. The van der Waals surface area contributed by atoms with Crippen LogP contribution in [0.5, 0.6) is 0 Å². The van der Waals surface area contributed by atoms with E-state index in [9.17, 15) is 6.85 Å². The Balaban J connectivity index is 1.07.